The van der Waals surface area contributed by atoms with Crippen LogP contribution in [0.3, 0.4) is 0 Å². The van der Waals surface area contributed by atoms with Crippen molar-refractivity contribution in [3.8, 4) is 0 Å². The summed E-state index contributed by atoms with van der Waals surface area (Å²) in [6.07, 6.45) is -0.214. The summed E-state index contributed by atoms with van der Waals surface area (Å²) in [4.78, 5) is 26.9. The van der Waals surface area contributed by atoms with Gasteiger partial charge in [0, 0.05) is 17.6 Å². The van der Waals surface area contributed by atoms with E-state index in [2.05, 4.69) is 5.32 Å². The van der Waals surface area contributed by atoms with Crippen molar-refractivity contribution in [3.05, 3.63) is 71.3 Å². The lowest BCUT2D eigenvalue weighted by molar-refractivity contribution is -0.140. The highest BCUT2D eigenvalue weighted by Crippen LogP contribution is 2.16. The lowest BCUT2D eigenvalue weighted by Crippen LogP contribution is -2.52. The SMILES string of the molecule is CC(C(=O)NC(C)(C)C)N(Cc1ccccc1F)C(=O)Cc1ccccc1F. The van der Waals surface area contributed by atoms with Crippen molar-refractivity contribution in [3.63, 3.8) is 0 Å². The third-order valence-corrected chi connectivity index (χ3v) is 4.26. The maximum absolute atomic E-state index is 14.1. The molecule has 0 spiro atoms. The maximum atomic E-state index is 14.1. The molecule has 0 fully saturated rings. The molecule has 0 heterocycles. The van der Waals surface area contributed by atoms with Gasteiger partial charge in [0.15, 0.2) is 0 Å². The lowest BCUT2D eigenvalue weighted by atomic mass is 10.1. The first-order valence-electron chi connectivity index (χ1n) is 9.17. The average molecular weight is 388 g/mol. The van der Waals surface area contributed by atoms with E-state index in [1.54, 1.807) is 37.3 Å². The Morgan fingerprint density at radius 3 is 1.96 bits per heavy atom. The third-order valence-electron chi connectivity index (χ3n) is 4.26. The van der Waals surface area contributed by atoms with Crippen molar-refractivity contribution in [2.75, 3.05) is 0 Å². The van der Waals surface area contributed by atoms with Gasteiger partial charge in [-0.25, -0.2) is 8.78 Å². The molecule has 6 heteroatoms. The summed E-state index contributed by atoms with van der Waals surface area (Å²) in [7, 11) is 0. The minimum absolute atomic E-state index is 0.0846. The van der Waals surface area contributed by atoms with Gasteiger partial charge >= 0.3 is 0 Å². The average Bonchev–Trinajstić information content (AvgIpc) is 2.61. The van der Waals surface area contributed by atoms with Crippen molar-refractivity contribution in [2.45, 2.75) is 52.2 Å². The minimum atomic E-state index is -0.849. The van der Waals surface area contributed by atoms with Crippen LogP contribution < -0.4 is 5.32 Å². The molecule has 1 N–H and O–H groups in total. The van der Waals surface area contributed by atoms with Crippen LogP contribution in [0, 0.1) is 11.6 Å². The predicted octanol–water partition coefficient (Wildman–Crippen LogP) is 3.84. The number of amides is 2. The first kappa shape index (κ1) is 21.5. The number of halogens is 2. The van der Waals surface area contributed by atoms with Crippen molar-refractivity contribution in [1.29, 1.82) is 0 Å². The van der Waals surface area contributed by atoms with E-state index in [9.17, 15) is 18.4 Å². The largest absolute Gasteiger partial charge is 0.350 e. The molecule has 2 aromatic carbocycles. The van der Waals surface area contributed by atoms with Crippen LogP contribution in [0.2, 0.25) is 0 Å². The zero-order valence-corrected chi connectivity index (χ0v) is 16.6. The van der Waals surface area contributed by atoms with Crippen LogP contribution in [0.15, 0.2) is 48.5 Å². The number of rotatable bonds is 6. The number of carbonyl (C=O) groups is 2. The first-order valence-corrected chi connectivity index (χ1v) is 9.17. The monoisotopic (exact) mass is 388 g/mol. The Balaban J connectivity index is 2.29. The molecular formula is C22H26F2N2O2. The van der Waals surface area contributed by atoms with E-state index < -0.39 is 29.1 Å². The quantitative estimate of drug-likeness (QED) is 0.817. The van der Waals surface area contributed by atoms with Gasteiger partial charge in [-0.05, 0) is 45.4 Å². The second-order valence-electron chi connectivity index (χ2n) is 7.80. The molecule has 1 unspecified atom stereocenters. The Hall–Kier alpha value is -2.76. The van der Waals surface area contributed by atoms with Gasteiger partial charge in [-0.15, -0.1) is 0 Å². The Morgan fingerprint density at radius 2 is 1.46 bits per heavy atom. The van der Waals surface area contributed by atoms with Gasteiger partial charge in [0.1, 0.15) is 17.7 Å². The zero-order chi connectivity index (χ0) is 20.9. The Morgan fingerprint density at radius 1 is 0.964 bits per heavy atom. The number of hydrogen-bond acceptors (Lipinski definition) is 2. The standard InChI is InChI=1S/C22H26F2N2O2/c1-15(21(28)25-22(2,3)4)26(14-17-10-6-8-12-19(17)24)20(27)13-16-9-5-7-11-18(16)23/h5-12,15H,13-14H2,1-4H3,(H,25,28). The van der Waals surface area contributed by atoms with Crippen LogP contribution in [-0.2, 0) is 22.6 Å². The van der Waals surface area contributed by atoms with Gasteiger partial charge < -0.3 is 10.2 Å². The second-order valence-corrected chi connectivity index (χ2v) is 7.80. The lowest BCUT2D eigenvalue weighted by Gasteiger charge is -2.31. The minimum Gasteiger partial charge on any atom is -0.350 e. The summed E-state index contributed by atoms with van der Waals surface area (Å²) >= 11 is 0. The highest BCUT2D eigenvalue weighted by molar-refractivity contribution is 5.88. The van der Waals surface area contributed by atoms with Gasteiger partial charge in [-0.3, -0.25) is 9.59 Å². The van der Waals surface area contributed by atoms with E-state index in [1.807, 2.05) is 20.8 Å². The number of hydrogen-bond donors (Lipinski definition) is 1. The molecule has 2 amide bonds. The highest BCUT2D eigenvalue weighted by Gasteiger charge is 2.29. The number of carbonyl (C=O) groups excluding carboxylic acids is 2. The van der Waals surface area contributed by atoms with Gasteiger partial charge in [0.05, 0.1) is 6.42 Å². The normalized spacial score (nSPS) is 12.4. The van der Waals surface area contributed by atoms with Crippen LogP contribution in [0.5, 0.6) is 0 Å². The molecule has 0 aromatic heterocycles. The van der Waals surface area contributed by atoms with Crippen molar-refractivity contribution in [1.82, 2.24) is 10.2 Å². The van der Waals surface area contributed by atoms with Crippen LogP contribution in [0.25, 0.3) is 0 Å². The van der Waals surface area contributed by atoms with Crippen LogP contribution in [0.1, 0.15) is 38.8 Å². The molecule has 4 nitrogen and oxygen atoms in total. The van der Waals surface area contributed by atoms with Crippen molar-refractivity contribution < 1.29 is 18.4 Å². The summed E-state index contributed by atoms with van der Waals surface area (Å²) in [5, 5.41) is 2.83. The summed E-state index contributed by atoms with van der Waals surface area (Å²) in [5.74, 6) is -1.77. The molecule has 28 heavy (non-hydrogen) atoms. The molecule has 0 saturated heterocycles. The fraction of sp³-hybridized carbons (Fsp3) is 0.364. The number of benzene rings is 2. The number of nitrogens with zero attached hydrogens (tertiary/aromatic N) is 1. The topological polar surface area (TPSA) is 49.4 Å². The Kier molecular flexibility index (Phi) is 6.89. The van der Waals surface area contributed by atoms with Crippen LogP contribution in [-0.4, -0.2) is 28.3 Å². The zero-order valence-electron chi connectivity index (χ0n) is 16.6. The summed E-state index contributed by atoms with van der Waals surface area (Å²) < 4.78 is 28.1. The molecule has 0 aliphatic rings. The van der Waals surface area contributed by atoms with E-state index >= 15 is 0 Å². The number of nitrogens with one attached hydrogen (secondary N) is 1. The van der Waals surface area contributed by atoms with E-state index in [1.165, 1.54) is 23.1 Å². The molecule has 0 radical (unpaired) electrons. The first-order chi connectivity index (χ1) is 13.1. The van der Waals surface area contributed by atoms with Crippen molar-refractivity contribution >= 4 is 11.8 Å². The second kappa shape index (κ2) is 8.95. The van der Waals surface area contributed by atoms with E-state index in [0.29, 0.717) is 5.56 Å². The molecule has 150 valence electrons. The fourth-order valence-electron chi connectivity index (χ4n) is 2.77. The molecule has 2 rings (SSSR count). The molecule has 1 atom stereocenters. The summed E-state index contributed by atoms with van der Waals surface area (Å²) in [6, 6.07) is 11.2. The van der Waals surface area contributed by atoms with Crippen LogP contribution in [0.4, 0.5) is 8.78 Å². The molecule has 0 saturated carbocycles. The van der Waals surface area contributed by atoms with Gasteiger partial charge in [0.25, 0.3) is 0 Å². The third kappa shape index (κ3) is 5.87. The van der Waals surface area contributed by atoms with E-state index in [0.717, 1.165) is 0 Å². The van der Waals surface area contributed by atoms with Crippen LogP contribution >= 0.6 is 0 Å². The van der Waals surface area contributed by atoms with E-state index in [4.69, 9.17) is 0 Å². The van der Waals surface area contributed by atoms with Crippen molar-refractivity contribution in [2.24, 2.45) is 0 Å². The molecule has 0 aliphatic heterocycles. The highest BCUT2D eigenvalue weighted by atomic mass is 19.1. The molecule has 0 bridgehead atoms. The fourth-order valence-corrected chi connectivity index (χ4v) is 2.77. The Bertz CT molecular complexity index is 846. The Labute approximate surface area is 164 Å². The van der Waals surface area contributed by atoms with Gasteiger partial charge in [0.2, 0.25) is 11.8 Å². The predicted molar refractivity (Wildman–Crippen MR) is 104 cm³/mol. The van der Waals surface area contributed by atoms with Gasteiger partial charge in [-0.2, -0.15) is 0 Å². The van der Waals surface area contributed by atoms with E-state index in [-0.39, 0.29) is 24.4 Å². The molecular weight excluding hydrogens is 362 g/mol. The molecule has 2 aromatic rings. The summed E-state index contributed by atoms with van der Waals surface area (Å²) in [5.41, 5.74) is 0.0399. The molecule has 0 aliphatic carbocycles. The summed E-state index contributed by atoms with van der Waals surface area (Å²) in [6.45, 7) is 7.00. The smallest absolute Gasteiger partial charge is 0.242 e. The van der Waals surface area contributed by atoms with Gasteiger partial charge in [-0.1, -0.05) is 36.4 Å². The maximum Gasteiger partial charge on any atom is 0.242 e.